The van der Waals surface area contributed by atoms with E-state index < -0.39 is 0 Å². The zero-order valence-electron chi connectivity index (χ0n) is 7.10. The third kappa shape index (κ3) is 2.69. The quantitative estimate of drug-likeness (QED) is 0.789. The fourth-order valence-electron chi connectivity index (χ4n) is 0.967. The number of hydrogen-bond acceptors (Lipinski definition) is 2. The van der Waals surface area contributed by atoms with E-state index in [9.17, 15) is 4.79 Å². The van der Waals surface area contributed by atoms with Gasteiger partial charge in [0.2, 0.25) is 0 Å². The minimum absolute atomic E-state index is 0.0602. The minimum atomic E-state index is -0.0602. The normalized spacial score (nSPS) is 10.1. The molecule has 1 aromatic carbocycles. The standard InChI is InChI=1S/C9H9Cl2NO/c1-12-5-9(13)7-4-6(10)2-3-8(7)11/h2-4,12H,5H2,1H3. The van der Waals surface area contributed by atoms with Crippen molar-refractivity contribution in [3.63, 3.8) is 0 Å². The Morgan fingerprint density at radius 2 is 2.15 bits per heavy atom. The molecule has 70 valence electrons. The Morgan fingerprint density at radius 1 is 1.46 bits per heavy atom. The minimum Gasteiger partial charge on any atom is -0.313 e. The predicted molar refractivity (Wildman–Crippen MR) is 54.7 cm³/mol. The van der Waals surface area contributed by atoms with Gasteiger partial charge in [-0.3, -0.25) is 4.79 Å². The van der Waals surface area contributed by atoms with Gasteiger partial charge < -0.3 is 5.32 Å². The average molecular weight is 218 g/mol. The van der Waals surface area contributed by atoms with E-state index in [1.807, 2.05) is 0 Å². The van der Waals surface area contributed by atoms with E-state index in [1.54, 1.807) is 25.2 Å². The van der Waals surface area contributed by atoms with E-state index >= 15 is 0 Å². The van der Waals surface area contributed by atoms with Crippen LogP contribution in [0.2, 0.25) is 10.0 Å². The second-order valence-electron chi connectivity index (χ2n) is 2.58. The summed E-state index contributed by atoms with van der Waals surface area (Å²) >= 11 is 11.5. The summed E-state index contributed by atoms with van der Waals surface area (Å²) in [6.07, 6.45) is 0. The van der Waals surface area contributed by atoms with Gasteiger partial charge in [0.25, 0.3) is 0 Å². The third-order valence-electron chi connectivity index (χ3n) is 1.57. The summed E-state index contributed by atoms with van der Waals surface area (Å²) in [6.45, 7) is 0.264. The fourth-order valence-corrected chi connectivity index (χ4v) is 1.36. The smallest absolute Gasteiger partial charge is 0.178 e. The number of carbonyl (C=O) groups excluding carboxylic acids is 1. The lowest BCUT2D eigenvalue weighted by Gasteiger charge is -2.02. The van der Waals surface area contributed by atoms with Gasteiger partial charge in [0.05, 0.1) is 11.6 Å². The monoisotopic (exact) mass is 217 g/mol. The van der Waals surface area contributed by atoms with Crippen molar-refractivity contribution in [2.45, 2.75) is 0 Å². The van der Waals surface area contributed by atoms with Crippen LogP contribution < -0.4 is 5.32 Å². The largest absolute Gasteiger partial charge is 0.313 e. The highest BCUT2D eigenvalue weighted by Gasteiger charge is 2.09. The lowest BCUT2D eigenvalue weighted by atomic mass is 10.1. The number of rotatable bonds is 3. The van der Waals surface area contributed by atoms with Gasteiger partial charge in [-0.15, -0.1) is 0 Å². The van der Waals surface area contributed by atoms with Gasteiger partial charge in [0.15, 0.2) is 5.78 Å². The molecule has 0 fully saturated rings. The number of carbonyl (C=O) groups is 1. The van der Waals surface area contributed by atoms with Crippen LogP contribution in [0.5, 0.6) is 0 Å². The second-order valence-corrected chi connectivity index (χ2v) is 3.42. The molecule has 0 unspecified atom stereocenters. The molecule has 1 rings (SSSR count). The molecule has 0 aromatic heterocycles. The molecule has 4 heteroatoms. The average Bonchev–Trinajstić information content (AvgIpc) is 2.09. The van der Waals surface area contributed by atoms with Crippen LogP contribution in [0.15, 0.2) is 18.2 Å². The summed E-state index contributed by atoms with van der Waals surface area (Å²) in [6, 6.07) is 4.84. The molecule has 1 N–H and O–H groups in total. The Labute approximate surface area is 86.8 Å². The van der Waals surface area contributed by atoms with Crippen molar-refractivity contribution in [3.05, 3.63) is 33.8 Å². The Morgan fingerprint density at radius 3 is 2.77 bits per heavy atom. The highest BCUT2D eigenvalue weighted by atomic mass is 35.5. The molecule has 0 bridgehead atoms. The molecule has 2 nitrogen and oxygen atoms in total. The molecule has 0 aliphatic heterocycles. The molecule has 0 aliphatic carbocycles. The first kappa shape index (κ1) is 10.5. The van der Waals surface area contributed by atoms with Crippen molar-refractivity contribution in [1.29, 1.82) is 0 Å². The topological polar surface area (TPSA) is 29.1 Å². The van der Waals surface area contributed by atoms with Gasteiger partial charge in [-0.05, 0) is 25.2 Å². The number of likely N-dealkylation sites (N-methyl/N-ethyl adjacent to an activating group) is 1. The molecule has 0 saturated carbocycles. The number of nitrogens with one attached hydrogen (secondary N) is 1. The zero-order valence-corrected chi connectivity index (χ0v) is 8.62. The van der Waals surface area contributed by atoms with Crippen LogP contribution in [-0.4, -0.2) is 19.4 Å². The van der Waals surface area contributed by atoms with E-state index in [2.05, 4.69) is 5.32 Å². The Bertz CT molecular complexity index is 325. The summed E-state index contributed by atoms with van der Waals surface area (Å²) in [4.78, 5) is 11.4. The van der Waals surface area contributed by atoms with Crippen LogP contribution in [0.3, 0.4) is 0 Å². The lowest BCUT2D eigenvalue weighted by molar-refractivity contribution is 0.0994. The van der Waals surface area contributed by atoms with Gasteiger partial charge >= 0.3 is 0 Å². The maximum absolute atomic E-state index is 11.4. The van der Waals surface area contributed by atoms with Crippen LogP contribution in [0.4, 0.5) is 0 Å². The van der Waals surface area contributed by atoms with Crippen molar-refractivity contribution < 1.29 is 4.79 Å². The maximum atomic E-state index is 11.4. The lowest BCUT2D eigenvalue weighted by Crippen LogP contribution is -2.18. The first-order valence-corrected chi connectivity index (χ1v) is 4.53. The molecule has 13 heavy (non-hydrogen) atoms. The number of benzene rings is 1. The summed E-state index contributed by atoms with van der Waals surface area (Å²) < 4.78 is 0. The van der Waals surface area contributed by atoms with Crippen molar-refractivity contribution >= 4 is 29.0 Å². The molecular formula is C9H9Cl2NO. The molecule has 0 amide bonds. The molecule has 0 radical (unpaired) electrons. The molecule has 1 aromatic rings. The van der Waals surface area contributed by atoms with Crippen LogP contribution >= 0.6 is 23.2 Å². The van der Waals surface area contributed by atoms with E-state index in [-0.39, 0.29) is 12.3 Å². The molecule has 0 saturated heterocycles. The number of hydrogen-bond donors (Lipinski definition) is 1. The Hall–Kier alpha value is -0.570. The number of ketones is 1. The summed E-state index contributed by atoms with van der Waals surface area (Å²) in [5.74, 6) is -0.0602. The maximum Gasteiger partial charge on any atom is 0.178 e. The SMILES string of the molecule is CNCC(=O)c1cc(Cl)ccc1Cl. The summed E-state index contributed by atoms with van der Waals surface area (Å²) in [7, 11) is 1.70. The molecule has 0 aliphatic rings. The zero-order chi connectivity index (χ0) is 9.84. The third-order valence-corrected chi connectivity index (χ3v) is 2.13. The van der Waals surface area contributed by atoms with Crippen molar-refractivity contribution in [2.24, 2.45) is 0 Å². The van der Waals surface area contributed by atoms with Gasteiger partial charge in [0.1, 0.15) is 0 Å². The van der Waals surface area contributed by atoms with E-state index in [0.717, 1.165) is 0 Å². The van der Waals surface area contributed by atoms with Gasteiger partial charge in [-0.25, -0.2) is 0 Å². The van der Waals surface area contributed by atoms with E-state index in [4.69, 9.17) is 23.2 Å². The first-order valence-electron chi connectivity index (χ1n) is 3.78. The molecule has 0 heterocycles. The second kappa shape index (κ2) is 4.61. The van der Waals surface area contributed by atoms with Crippen molar-refractivity contribution in [1.82, 2.24) is 5.32 Å². The van der Waals surface area contributed by atoms with Crippen molar-refractivity contribution in [2.75, 3.05) is 13.6 Å². The number of halogens is 2. The highest BCUT2D eigenvalue weighted by molar-refractivity contribution is 6.36. The van der Waals surface area contributed by atoms with E-state index in [0.29, 0.717) is 15.6 Å². The molecule has 0 atom stereocenters. The fraction of sp³-hybridized carbons (Fsp3) is 0.222. The summed E-state index contributed by atoms with van der Waals surface area (Å²) in [5, 5.41) is 3.71. The predicted octanol–water partition coefficient (Wildman–Crippen LogP) is 2.40. The van der Waals surface area contributed by atoms with Crippen molar-refractivity contribution in [3.8, 4) is 0 Å². The van der Waals surface area contributed by atoms with Crippen LogP contribution in [0, 0.1) is 0 Å². The van der Waals surface area contributed by atoms with Gasteiger partial charge in [-0.2, -0.15) is 0 Å². The van der Waals surface area contributed by atoms with Gasteiger partial charge in [-0.1, -0.05) is 23.2 Å². The highest BCUT2D eigenvalue weighted by Crippen LogP contribution is 2.20. The number of Topliss-reactive ketones (excluding diaryl/α,β-unsaturated/α-hetero) is 1. The van der Waals surface area contributed by atoms with Crippen LogP contribution in [0.1, 0.15) is 10.4 Å². The van der Waals surface area contributed by atoms with E-state index in [1.165, 1.54) is 0 Å². The van der Waals surface area contributed by atoms with Crippen LogP contribution in [-0.2, 0) is 0 Å². The van der Waals surface area contributed by atoms with Gasteiger partial charge in [0, 0.05) is 10.6 Å². The Balaban J connectivity index is 2.99. The summed E-state index contributed by atoms with van der Waals surface area (Å²) in [5.41, 5.74) is 0.462. The first-order chi connectivity index (χ1) is 6.15. The molecule has 0 spiro atoms. The van der Waals surface area contributed by atoms with Crippen LogP contribution in [0.25, 0.3) is 0 Å². The Kier molecular flexibility index (Phi) is 3.72. The molecular weight excluding hydrogens is 209 g/mol.